The number of rotatable bonds is 5. The first-order chi connectivity index (χ1) is 12.4. The molecule has 0 bridgehead atoms. The average molecular weight is 417 g/mol. The molecule has 1 aromatic heterocycles. The first-order valence-electron chi connectivity index (χ1n) is 8.01. The van der Waals surface area contributed by atoms with Crippen molar-refractivity contribution in [2.75, 3.05) is 20.2 Å². The van der Waals surface area contributed by atoms with E-state index in [1.807, 2.05) is 0 Å². The first-order valence-corrected chi connectivity index (χ1v) is 10.2. The van der Waals surface area contributed by atoms with Gasteiger partial charge in [-0.05, 0) is 31.0 Å². The lowest BCUT2D eigenvalue weighted by atomic mass is 10.1. The lowest BCUT2D eigenvalue weighted by Gasteiger charge is -2.32. The van der Waals surface area contributed by atoms with Gasteiger partial charge in [0.15, 0.2) is 0 Å². The third kappa shape index (κ3) is 4.06. The number of hydrogen-bond acceptors (Lipinski definition) is 5. The van der Waals surface area contributed by atoms with Crippen molar-refractivity contribution in [2.24, 2.45) is 0 Å². The van der Waals surface area contributed by atoms with Gasteiger partial charge in [-0.2, -0.15) is 4.31 Å². The van der Waals surface area contributed by atoms with Gasteiger partial charge in [0, 0.05) is 30.0 Å². The maximum absolute atomic E-state index is 13.1. The molecule has 1 saturated heterocycles. The molecule has 0 saturated carbocycles. The van der Waals surface area contributed by atoms with Crippen LogP contribution in [-0.4, -0.2) is 44.0 Å². The summed E-state index contributed by atoms with van der Waals surface area (Å²) in [4.78, 5) is 3.97. The summed E-state index contributed by atoms with van der Waals surface area (Å²) < 4.78 is 38.6. The second kappa shape index (κ2) is 8.00. The summed E-state index contributed by atoms with van der Waals surface area (Å²) in [6, 6.07) is 6.20. The monoisotopic (exact) mass is 416 g/mol. The molecule has 0 spiro atoms. The molecule has 1 aromatic carbocycles. The number of piperidine rings is 1. The van der Waals surface area contributed by atoms with Crippen LogP contribution in [-0.2, 0) is 10.0 Å². The van der Waals surface area contributed by atoms with Crippen molar-refractivity contribution in [1.29, 1.82) is 0 Å². The van der Waals surface area contributed by atoms with E-state index in [1.165, 1.54) is 23.7 Å². The minimum absolute atomic E-state index is 0.0510. The van der Waals surface area contributed by atoms with Crippen LogP contribution in [0.2, 0.25) is 10.0 Å². The Morgan fingerprint density at radius 1 is 1.23 bits per heavy atom. The molecule has 26 heavy (non-hydrogen) atoms. The molecular weight excluding hydrogens is 399 g/mol. The zero-order chi connectivity index (χ0) is 18.7. The van der Waals surface area contributed by atoms with E-state index in [4.69, 9.17) is 32.7 Å². The molecule has 1 unspecified atom stereocenters. The van der Waals surface area contributed by atoms with Crippen LogP contribution in [0.1, 0.15) is 12.8 Å². The van der Waals surface area contributed by atoms with Gasteiger partial charge in [0.25, 0.3) is 0 Å². The maximum Gasteiger partial charge on any atom is 0.246 e. The number of benzene rings is 1. The Balaban J connectivity index is 1.83. The van der Waals surface area contributed by atoms with Crippen LogP contribution >= 0.6 is 23.2 Å². The van der Waals surface area contributed by atoms with Gasteiger partial charge >= 0.3 is 0 Å². The van der Waals surface area contributed by atoms with E-state index in [1.54, 1.807) is 24.4 Å². The summed E-state index contributed by atoms with van der Waals surface area (Å²) in [6.07, 6.45) is 4.18. The molecule has 0 N–H and O–H groups in total. The summed E-state index contributed by atoms with van der Waals surface area (Å²) >= 11 is 12.1. The minimum Gasteiger partial charge on any atom is -0.495 e. The molecule has 6 nitrogen and oxygen atoms in total. The summed E-state index contributed by atoms with van der Waals surface area (Å²) in [5.41, 5.74) is 0. The highest BCUT2D eigenvalue weighted by atomic mass is 35.5. The van der Waals surface area contributed by atoms with E-state index in [0.717, 1.165) is 6.42 Å². The third-order valence-electron chi connectivity index (χ3n) is 4.11. The Labute approximate surface area is 162 Å². The Hall–Kier alpha value is -1.54. The normalized spacial score (nSPS) is 18.5. The van der Waals surface area contributed by atoms with E-state index >= 15 is 0 Å². The smallest absolute Gasteiger partial charge is 0.246 e. The lowest BCUT2D eigenvalue weighted by Crippen LogP contribution is -2.44. The van der Waals surface area contributed by atoms with Crippen LogP contribution < -0.4 is 9.47 Å². The summed E-state index contributed by atoms with van der Waals surface area (Å²) in [5, 5.41) is 0.724. The highest BCUT2D eigenvalue weighted by Crippen LogP contribution is 2.32. The topological polar surface area (TPSA) is 68.7 Å². The Morgan fingerprint density at radius 3 is 2.77 bits per heavy atom. The molecule has 1 fully saturated rings. The summed E-state index contributed by atoms with van der Waals surface area (Å²) in [6.45, 7) is 0.624. The Kier molecular flexibility index (Phi) is 5.92. The molecule has 2 heterocycles. The number of nitrogens with zero attached hydrogens (tertiary/aromatic N) is 2. The highest BCUT2D eigenvalue weighted by Gasteiger charge is 2.33. The standard InChI is InChI=1S/C17H18Cl2N2O4S/c1-24-16-5-4-12(18)9-17(16)26(22,23)21-8-2-3-13(11-21)25-15-6-7-20-10-14(15)19/h4-7,9-10,13H,2-3,8,11H2,1H3. The van der Waals surface area contributed by atoms with Gasteiger partial charge in [0.1, 0.15) is 27.5 Å². The summed E-state index contributed by atoms with van der Waals surface area (Å²) in [7, 11) is -2.34. The molecule has 0 radical (unpaired) electrons. The maximum atomic E-state index is 13.1. The number of halogens is 2. The molecule has 1 aliphatic rings. The van der Waals surface area contributed by atoms with Crippen LogP contribution in [0.3, 0.4) is 0 Å². The van der Waals surface area contributed by atoms with E-state index in [-0.39, 0.29) is 23.3 Å². The molecule has 1 atom stereocenters. The molecule has 9 heteroatoms. The van der Waals surface area contributed by atoms with E-state index in [9.17, 15) is 8.42 Å². The van der Waals surface area contributed by atoms with E-state index < -0.39 is 10.0 Å². The fourth-order valence-electron chi connectivity index (χ4n) is 2.85. The van der Waals surface area contributed by atoms with Crippen LogP contribution in [0.5, 0.6) is 11.5 Å². The quantitative estimate of drug-likeness (QED) is 0.743. The Bertz CT molecular complexity index is 892. The highest BCUT2D eigenvalue weighted by molar-refractivity contribution is 7.89. The number of hydrogen-bond donors (Lipinski definition) is 0. The zero-order valence-corrected chi connectivity index (χ0v) is 16.4. The number of ether oxygens (including phenoxy) is 2. The third-order valence-corrected chi connectivity index (χ3v) is 6.52. The number of sulfonamides is 1. The van der Waals surface area contributed by atoms with Crippen molar-refractivity contribution in [1.82, 2.24) is 9.29 Å². The predicted octanol–water partition coefficient (Wildman–Crippen LogP) is 3.63. The molecular formula is C17H18Cl2N2O4S. The number of methoxy groups -OCH3 is 1. The zero-order valence-electron chi connectivity index (χ0n) is 14.1. The lowest BCUT2D eigenvalue weighted by molar-refractivity contribution is 0.129. The van der Waals surface area contributed by atoms with Crippen molar-refractivity contribution in [3.05, 3.63) is 46.7 Å². The van der Waals surface area contributed by atoms with Crippen molar-refractivity contribution in [3.8, 4) is 11.5 Å². The molecule has 0 aliphatic carbocycles. The second-order valence-corrected chi connectivity index (χ2v) is 8.60. The van der Waals surface area contributed by atoms with Crippen molar-refractivity contribution in [2.45, 2.75) is 23.8 Å². The van der Waals surface area contributed by atoms with Gasteiger partial charge in [-0.15, -0.1) is 0 Å². The fraction of sp³-hybridized carbons (Fsp3) is 0.353. The Morgan fingerprint density at radius 2 is 2.04 bits per heavy atom. The average Bonchev–Trinajstić information content (AvgIpc) is 2.64. The summed E-state index contributed by atoms with van der Waals surface area (Å²) in [5.74, 6) is 0.751. The van der Waals surface area contributed by atoms with Gasteiger partial charge in [0.2, 0.25) is 10.0 Å². The van der Waals surface area contributed by atoms with Crippen LogP contribution in [0, 0.1) is 0 Å². The predicted molar refractivity (Wildman–Crippen MR) is 99.7 cm³/mol. The van der Waals surface area contributed by atoms with Gasteiger partial charge in [-0.3, -0.25) is 4.98 Å². The van der Waals surface area contributed by atoms with Crippen LogP contribution in [0.15, 0.2) is 41.6 Å². The van der Waals surface area contributed by atoms with Crippen LogP contribution in [0.25, 0.3) is 0 Å². The second-order valence-electron chi connectivity index (χ2n) is 5.85. The van der Waals surface area contributed by atoms with Crippen LogP contribution in [0.4, 0.5) is 0 Å². The number of aromatic nitrogens is 1. The number of pyridine rings is 1. The largest absolute Gasteiger partial charge is 0.495 e. The first kappa shape index (κ1) is 19.2. The molecule has 2 aromatic rings. The van der Waals surface area contributed by atoms with Gasteiger partial charge in [-0.1, -0.05) is 23.2 Å². The van der Waals surface area contributed by atoms with Crippen molar-refractivity contribution in [3.63, 3.8) is 0 Å². The van der Waals surface area contributed by atoms with Crippen molar-refractivity contribution >= 4 is 33.2 Å². The fourth-order valence-corrected chi connectivity index (χ4v) is 4.94. The molecule has 140 valence electrons. The van der Waals surface area contributed by atoms with E-state index in [0.29, 0.717) is 28.8 Å². The van der Waals surface area contributed by atoms with Crippen molar-refractivity contribution < 1.29 is 17.9 Å². The van der Waals surface area contributed by atoms with Gasteiger partial charge < -0.3 is 9.47 Å². The molecule has 0 amide bonds. The van der Waals surface area contributed by atoms with E-state index in [2.05, 4.69) is 4.98 Å². The molecule has 3 rings (SSSR count). The SMILES string of the molecule is COc1ccc(Cl)cc1S(=O)(=O)N1CCCC(Oc2ccncc2Cl)C1. The van der Waals surface area contributed by atoms with Gasteiger partial charge in [0.05, 0.1) is 13.7 Å². The molecule has 1 aliphatic heterocycles. The van der Waals surface area contributed by atoms with Gasteiger partial charge in [-0.25, -0.2) is 8.42 Å². The minimum atomic E-state index is -3.76.